The van der Waals surface area contributed by atoms with Crippen LogP contribution in [0.4, 0.5) is 0 Å². The summed E-state index contributed by atoms with van der Waals surface area (Å²) in [7, 11) is -2.47. The summed E-state index contributed by atoms with van der Waals surface area (Å²) in [6.07, 6.45) is 0.192. The van der Waals surface area contributed by atoms with Crippen LogP contribution in [-0.2, 0) is 21.2 Å². The number of carbonyl (C=O) groups excluding carboxylic acids is 1. The number of benzene rings is 4. The number of ether oxygens (including phenoxy) is 1. The van der Waals surface area contributed by atoms with Gasteiger partial charge in [0.2, 0.25) is 15.9 Å². The van der Waals surface area contributed by atoms with E-state index in [9.17, 15) is 13.2 Å². The van der Waals surface area contributed by atoms with E-state index < -0.39 is 28.0 Å². The Kier molecular flexibility index (Phi) is 8.38. The van der Waals surface area contributed by atoms with E-state index in [0.29, 0.717) is 11.3 Å². The third-order valence-electron chi connectivity index (χ3n) is 6.13. The van der Waals surface area contributed by atoms with Crippen LogP contribution in [-0.4, -0.2) is 27.5 Å². The van der Waals surface area contributed by atoms with Crippen molar-refractivity contribution in [2.45, 2.75) is 30.3 Å². The predicted octanol–water partition coefficient (Wildman–Crippen LogP) is 4.80. The highest BCUT2D eigenvalue weighted by molar-refractivity contribution is 7.89. The number of rotatable bonds is 10. The fraction of sp³-hybridized carbons (Fsp3) is 0.167. The molecule has 0 bridgehead atoms. The van der Waals surface area contributed by atoms with E-state index >= 15 is 0 Å². The molecule has 2 N–H and O–H groups in total. The molecule has 4 aromatic rings. The van der Waals surface area contributed by atoms with Crippen LogP contribution in [0, 0.1) is 6.92 Å². The van der Waals surface area contributed by atoms with E-state index in [1.54, 1.807) is 13.0 Å². The predicted molar refractivity (Wildman–Crippen MR) is 145 cm³/mol. The molecule has 6 nitrogen and oxygen atoms in total. The molecule has 0 aliphatic rings. The van der Waals surface area contributed by atoms with Crippen molar-refractivity contribution < 1.29 is 17.9 Å². The summed E-state index contributed by atoms with van der Waals surface area (Å²) in [5, 5.41) is 3.09. The van der Waals surface area contributed by atoms with Gasteiger partial charge in [0, 0.05) is 0 Å². The summed E-state index contributed by atoms with van der Waals surface area (Å²) in [6.45, 7) is 1.77. The summed E-state index contributed by atoms with van der Waals surface area (Å²) in [5.74, 6) is 0.168. The minimum absolute atomic E-state index is 0.0688. The van der Waals surface area contributed by atoms with Gasteiger partial charge in [-0.05, 0) is 53.8 Å². The van der Waals surface area contributed by atoms with Crippen molar-refractivity contribution in [2.75, 3.05) is 7.11 Å². The van der Waals surface area contributed by atoms with Crippen LogP contribution in [0.1, 0.15) is 28.3 Å². The highest BCUT2D eigenvalue weighted by atomic mass is 32.2. The van der Waals surface area contributed by atoms with Crippen LogP contribution in [0.5, 0.6) is 5.75 Å². The summed E-state index contributed by atoms with van der Waals surface area (Å²) in [6, 6.07) is 31.7. The Hall–Kier alpha value is -3.94. The van der Waals surface area contributed by atoms with Crippen molar-refractivity contribution in [1.82, 2.24) is 10.0 Å². The van der Waals surface area contributed by atoms with Crippen LogP contribution in [0.25, 0.3) is 0 Å². The maximum atomic E-state index is 13.7. The van der Waals surface area contributed by atoms with E-state index in [0.717, 1.165) is 16.7 Å². The Morgan fingerprint density at radius 3 is 1.86 bits per heavy atom. The zero-order chi connectivity index (χ0) is 26.3. The quantitative estimate of drug-likeness (QED) is 0.318. The van der Waals surface area contributed by atoms with Crippen LogP contribution >= 0.6 is 0 Å². The molecule has 0 saturated heterocycles. The van der Waals surface area contributed by atoms with Gasteiger partial charge in [-0.15, -0.1) is 0 Å². The van der Waals surface area contributed by atoms with E-state index in [2.05, 4.69) is 10.0 Å². The van der Waals surface area contributed by atoms with Crippen LogP contribution in [0.3, 0.4) is 0 Å². The second kappa shape index (κ2) is 11.9. The topological polar surface area (TPSA) is 84.5 Å². The van der Waals surface area contributed by atoms with E-state index in [1.165, 1.54) is 19.2 Å². The smallest absolute Gasteiger partial charge is 0.241 e. The first-order chi connectivity index (χ1) is 17.9. The van der Waals surface area contributed by atoms with Gasteiger partial charge in [0.1, 0.15) is 11.8 Å². The number of hydrogen-bond donors (Lipinski definition) is 2. The van der Waals surface area contributed by atoms with E-state index in [-0.39, 0.29) is 11.3 Å². The van der Waals surface area contributed by atoms with Crippen molar-refractivity contribution in [1.29, 1.82) is 0 Å². The summed E-state index contributed by atoms with van der Waals surface area (Å²) < 4.78 is 34.7. The van der Waals surface area contributed by atoms with Gasteiger partial charge in [0.15, 0.2) is 0 Å². The zero-order valence-corrected chi connectivity index (χ0v) is 21.6. The minimum Gasteiger partial charge on any atom is -0.496 e. The number of sulfonamides is 1. The average molecular weight is 515 g/mol. The molecule has 0 aromatic heterocycles. The number of aryl methyl sites for hydroxylation is 1. The van der Waals surface area contributed by atoms with Gasteiger partial charge >= 0.3 is 0 Å². The maximum Gasteiger partial charge on any atom is 0.241 e. The molecule has 190 valence electrons. The van der Waals surface area contributed by atoms with Gasteiger partial charge in [0.25, 0.3) is 0 Å². The fourth-order valence-electron chi connectivity index (χ4n) is 4.20. The lowest BCUT2D eigenvalue weighted by Gasteiger charge is -2.24. The first kappa shape index (κ1) is 26.1. The van der Waals surface area contributed by atoms with Gasteiger partial charge < -0.3 is 10.1 Å². The molecule has 0 spiro atoms. The summed E-state index contributed by atoms with van der Waals surface area (Å²) in [5.41, 5.74) is 3.32. The third-order valence-corrected chi connectivity index (χ3v) is 7.59. The number of nitrogens with one attached hydrogen (secondary N) is 2. The molecule has 1 atom stereocenters. The van der Waals surface area contributed by atoms with Crippen LogP contribution in [0.15, 0.2) is 114 Å². The van der Waals surface area contributed by atoms with Crippen molar-refractivity contribution in [2.24, 2.45) is 0 Å². The molecule has 7 heteroatoms. The Labute approximate surface area is 218 Å². The first-order valence-electron chi connectivity index (χ1n) is 12.0. The second-order valence-corrected chi connectivity index (χ2v) is 10.5. The minimum atomic E-state index is -4.00. The second-order valence-electron chi connectivity index (χ2n) is 8.76. The van der Waals surface area contributed by atoms with Gasteiger partial charge in [0.05, 0.1) is 18.0 Å². The molecule has 1 amide bonds. The molecular formula is C30H30N2O4S. The van der Waals surface area contributed by atoms with E-state index in [4.69, 9.17) is 4.74 Å². The SMILES string of the molecule is COc1ccc(S(=O)(=O)NC(Cc2ccccc2)C(=O)NC(c2ccccc2)c2ccccc2)cc1C. The zero-order valence-electron chi connectivity index (χ0n) is 20.8. The molecule has 37 heavy (non-hydrogen) atoms. The van der Waals surface area contributed by atoms with Crippen molar-refractivity contribution in [3.63, 3.8) is 0 Å². The van der Waals surface area contributed by atoms with Crippen molar-refractivity contribution in [3.05, 3.63) is 131 Å². The Morgan fingerprint density at radius 1 is 0.811 bits per heavy atom. The number of carbonyl (C=O) groups is 1. The fourth-order valence-corrected chi connectivity index (χ4v) is 5.48. The summed E-state index contributed by atoms with van der Waals surface area (Å²) >= 11 is 0. The first-order valence-corrected chi connectivity index (χ1v) is 13.5. The molecule has 0 aliphatic heterocycles. The van der Waals surface area contributed by atoms with Gasteiger partial charge in [-0.3, -0.25) is 4.79 Å². The molecule has 0 fully saturated rings. The molecular weight excluding hydrogens is 484 g/mol. The van der Waals surface area contributed by atoms with Gasteiger partial charge in [-0.25, -0.2) is 8.42 Å². The van der Waals surface area contributed by atoms with Crippen LogP contribution in [0.2, 0.25) is 0 Å². The Balaban J connectivity index is 1.66. The molecule has 0 aliphatic carbocycles. The maximum absolute atomic E-state index is 13.7. The monoisotopic (exact) mass is 514 g/mol. The largest absolute Gasteiger partial charge is 0.496 e. The molecule has 4 rings (SSSR count). The van der Waals surface area contributed by atoms with Crippen LogP contribution < -0.4 is 14.8 Å². The number of hydrogen-bond acceptors (Lipinski definition) is 4. The molecule has 1 unspecified atom stereocenters. The Morgan fingerprint density at radius 2 is 1.35 bits per heavy atom. The number of amides is 1. The molecule has 0 radical (unpaired) electrons. The summed E-state index contributed by atoms with van der Waals surface area (Å²) in [4.78, 5) is 13.8. The molecule has 0 heterocycles. The third kappa shape index (κ3) is 6.64. The lowest BCUT2D eigenvalue weighted by Crippen LogP contribution is -2.49. The standard InChI is InChI=1S/C30H30N2O4S/c1-22-20-26(18-19-28(22)36-2)37(34,35)32-27(21-23-12-6-3-7-13-23)30(33)31-29(24-14-8-4-9-15-24)25-16-10-5-11-17-25/h3-20,27,29,32H,21H2,1-2H3,(H,31,33). The highest BCUT2D eigenvalue weighted by Gasteiger charge is 2.29. The lowest BCUT2D eigenvalue weighted by molar-refractivity contribution is -0.123. The molecule has 0 saturated carbocycles. The van der Waals surface area contributed by atoms with Gasteiger partial charge in [-0.2, -0.15) is 4.72 Å². The highest BCUT2D eigenvalue weighted by Crippen LogP contribution is 2.24. The van der Waals surface area contributed by atoms with Crippen molar-refractivity contribution >= 4 is 15.9 Å². The normalized spacial score (nSPS) is 12.2. The lowest BCUT2D eigenvalue weighted by atomic mass is 9.97. The molecule has 4 aromatic carbocycles. The van der Waals surface area contributed by atoms with E-state index in [1.807, 2.05) is 91.0 Å². The van der Waals surface area contributed by atoms with Crippen molar-refractivity contribution in [3.8, 4) is 5.75 Å². The van der Waals surface area contributed by atoms with Gasteiger partial charge in [-0.1, -0.05) is 91.0 Å². The Bertz CT molecular complexity index is 1390. The average Bonchev–Trinajstić information content (AvgIpc) is 2.92. The number of methoxy groups -OCH3 is 1.